The maximum absolute atomic E-state index is 12.1. The molecule has 0 fully saturated rings. The number of carboxylic acids is 1. The Morgan fingerprint density at radius 2 is 0.944 bits per heavy atom. The average Bonchev–Trinajstić information content (AvgIpc) is 2.78. The summed E-state index contributed by atoms with van der Waals surface area (Å²) in [4.78, 5) is 23.0. The van der Waals surface area contributed by atoms with Gasteiger partial charge in [0.25, 0.3) is 0 Å². The van der Waals surface area contributed by atoms with Crippen LogP contribution in [0.25, 0.3) is 0 Å². The second kappa shape index (κ2) is 24.2. The first kappa shape index (κ1) is 34.9. The summed E-state index contributed by atoms with van der Waals surface area (Å²) in [7, 11) is 5.86. The fourth-order valence-electron chi connectivity index (χ4n) is 4.89. The van der Waals surface area contributed by atoms with Crippen LogP contribution >= 0.6 is 0 Å². The molecule has 0 N–H and O–H groups in total. The van der Waals surface area contributed by atoms with Crippen LogP contribution in [0.3, 0.4) is 0 Å². The molecule has 0 amide bonds. The zero-order chi connectivity index (χ0) is 26.9. The van der Waals surface area contributed by atoms with E-state index in [-0.39, 0.29) is 12.4 Å². The van der Waals surface area contributed by atoms with Gasteiger partial charge in [0, 0.05) is 18.8 Å². The number of likely N-dealkylation sites (N-methyl/N-ethyl adjacent to an activating group) is 1. The molecule has 0 saturated heterocycles. The van der Waals surface area contributed by atoms with Crippen molar-refractivity contribution in [1.29, 1.82) is 0 Å². The summed E-state index contributed by atoms with van der Waals surface area (Å²) in [6.07, 6.45) is 27.6. The van der Waals surface area contributed by atoms with E-state index in [4.69, 9.17) is 4.74 Å². The van der Waals surface area contributed by atoms with Crippen molar-refractivity contribution >= 4 is 11.9 Å². The summed E-state index contributed by atoms with van der Waals surface area (Å²) < 4.78 is 5.95. The minimum absolute atomic E-state index is 0.236. The second-order valence-electron chi connectivity index (χ2n) is 12.0. The van der Waals surface area contributed by atoms with Crippen molar-refractivity contribution < 1.29 is 23.9 Å². The van der Waals surface area contributed by atoms with E-state index in [0.717, 1.165) is 19.3 Å². The first-order valence-electron chi connectivity index (χ1n) is 15.4. The monoisotopic (exact) mass is 511 g/mol. The van der Waals surface area contributed by atoms with Crippen LogP contribution in [0.4, 0.5) is 0 Å². The molecule has 0 aromatic carbocycles. The summed E-state index contributed by atoms with van der Waals surface area (Å²) in [6, 6.07) is 0. The number of hydrogen-bond acceptors (Lipinski definition) is 4. The molecule has 0 spiro atoms. The fourth-order valence-corrected chi connectivity index (χ4v) is 4.89. The molecule has 0 aromatic rings. The average molecular weight is 512 g/mol. The van der Waals surface area contributed by atoms with E-state index < -0.39 is 12.1 Å². The number of carbonyl (C=O) groups excluding carboxylic acids is 2. The predicted octanol–water partition coefficient (Wildman–Crippen LogP) is 7.35. The molecule has 36 heavy (non-hydrogen) atoms. The second-order valence-corrected chi connectivity index (χ2v) is 12.0. The number of aliphatic carboxylic acids is 1. The molecular weight excluding hydrogens is 450 g/mol. The Kier molecular flexibility index (Phi) is 23.5. The highest BCUT2D eigenvalue weighted by molar-refractivity contribution is 5.70. The molecule has 0 aliphatic heterocycles. The van der Waals surface area contributed by atoms with E-state index in [9.17, 15) is 14.7 Å². The van der Waals surface area contributed by atoms with Crippen LogP contribution in [0, 0.1) is 0 Å². The van der Waals surface area contributed by atoms with E-state index in [1.807, 2.05) is 21.1 Å². The van der Waals surface area contributed by atoms with E-state index in [2.05, 4.69) is 6.92 Å². The minimum atomic E-state index is -1.17. The summed E-state index contributed by atoms with van der Waals surface area (Å²) in [5, 5.41) is 10.9. The van der Waals surface area contributed by atoms with Gasteiger partial charge < -0.3 is 19.1 Å². The third kappa shape index (κ3) is 27.5. The van der Waals surface area contributed by atoms with E-state index in [1.54, 1.807) is 0 Å². The highest BCUT2D eigenvalue weighted by atomic mass is 16.5. The predicted molar refractivity (Wildman–Crippen MR) is 150 cm³/mol. The number of carbonyl (C=O) groups is 2. The largest absolute Gasteiger partial charge is 0.550 e. The number of quaternary nitrogens is 1. The molecule has 5 heteroatoms. The molecule has 1 unspecified atom stereocenters. The highest BCUT2D eigenvalue weighted by Gasteiger charge is 2.22. The minimum Gasteiger partial charge on any atom is -0.550 e. The highest BCUT2D eigenvalue weighted by Crippen LogP contribution is 2.15. The van der Waals surface area contributed by atoms with Crippen molar-refractivity contribution in [1.82, 2.24) is 0 Å². The van der Waals surface area contributed by atoms with Gasteiger partial charge in [-0.3, -0.25) is 4.79 Å². The van der Waals surface area contributed by atoms with Crippen LogP contribution in [-0.4, -0.2) is 50.2 Å². The van der Waals surface area contributed by atoms with Crippen molar-refractivity contribution in [3.05, 3.63) is 0 Å². The Labute approximate surface area is 224 Å². The van der Waals surface area contributed by atoms with Gasteiger partial charge in [0.15, 0.2) is 6.10 Å². The lowest BCUT2D eigenvalue weighted by Gasteiger charge is -2.29. The zero-order valence-corrected chi connectivity index (χ0v) is 24.6. The lowest BCUT2D eigenvalue weighted by atomic mass is 10.0. The first-order chi connectivity index (χ1) is 17.2. The lowest BCUT2D eigenvalue weighted by Crippen LogP contribution is -2.45. The molecule has 0 radical (unpaired) electrons. The number of carboxylic acid groups (broad SMARTS) is 1. The van der Waals surface area contributed by atoms with Crippen LogP contribution < -0.4 is 5.11 Å². The summed E-state index contributed by atoms with van der Waals surface area (Å²) in [6.45, 7) is 2.75. The molecule has 0 aliphatic carbocycles. The number of rotatable bonds is 27. The maximum Gasteiger partial charge on any atom is 0.306 e. The van der Waals surface area contributed by atoms with Gasteiger partial charge in [-0.1, -0.05) is 135 Å². The molecule has 0 aromatic heterocycles. The summed E-state index contributed by atoms with van der Waals surface area (Å²) in [5.74, 6) is -1.46. The smallest absolute Gasteiger partial charge is 0.306 e. The van der Waals surface area contributed by atoms with Gasteiger partial charge in [-0.05, 0) is 6.42 Å². The van der Waals surface area contributed by atoms with Gasteiger partial charge in [-0.2, -0.15) is 0 Å². The van der Waals surface area contributed by atoms with Crippen molar-refractivity contribution in [2.45, 2.75) is 161 Å². The molecule has 1 atom stereocenters. The molecule has 0 saturated carbocycles. The van der Waals surface area contributed by atoms with Crippen LogP contribution in [0.2, 0.25) is 0 Å². The van der Waals surface area contributed by atoms with Crippen LogP contribution in [-0.2, 0) is 14.3 Å². The van der Waals surface area contributed by atoms with Crippen molar-refractivity contribution in [2.75, 3.05) is 27.7 Å². The number of unbranched alkanes of at least 4 members (excludes halogenated alkanes) is 20. The van der Waals surface area contributed by atoms with E-state index in [1.165, 1.54) is 116 Å². The van der Waals surface area contributed by atoms with Crippen molar-refractivity contribution in [2.24, 2.45) is 0 Å². The normalized spacial score (nSPS) is 12.6. The van der Waals surface area contributed by atoms with E-state index in [0.29, 0.717) is 17.4 Å². The number of esters is 1. The fraction of sp³-hybridized carbons (Fsp3) is 0.935. The Bertz CT molecular complexity index is 515. The summed E-state index contributed by atoms with van der Waals surface area (Å²) in [5.41, 5.74) is 0. The molecule has 0 bridgehead atoms. The molecular formula is C31H61NO4. The van der Waals surface area contributed by atoms with Gasteiger partial charge in [-0.25, -0.2) is 0 Å². The molecule has 5 nitrogen and oxygen atoms in total. The van der Waals surface area contributed by atoms with Gasteiger partial charge in [0.05, 0.1) is 21.1 Å². The Hall–Kier alpha value is -1.10. The van der Waals surface area contributed by atoms with Crippen LogP contribution in [0.1, 0.15) is 155 Å². The zero-order valence-electron chi connectivity index (χ0n) is 24.6. The third-order valence-electron chi connectivity index (χ3n) is 6.93. The summed E-state index contributed by atoms with van der Waals surface area (Å²) >= 11 is 0. The van der Waals surface area contributed by atoms with Crippen molar-refractivity contribution in [3.63, 3.8) is 0 Å². The maximum atomic E-state index is 12.1. The van der Waals surface area contributed by atoms with Crippen LogP contribution in [0.5, 0.6) is 0 Å². The van der Waals surface area contributed by atoms with Crippen LogP contribution in [0.15, 0.2) is 0 Å². The molecule has 214 valence electrons. The Morgan fingerprint density at radius 3 is 1.25 bits per heavy atom. The Balaban J connectivity index is 3.41. The SMILES string of the molecule is CCCCCCCCCCCCCCCCCCCCCCCC(=O)OC(CC(=O)[O-])C[N+](C)(C)C. The standard InChI is InChI=1S/C31H61NO4/c1-5-6-7-8-9-10-11-12-13-14-15-16-17-18-19-20-21-22-23-24-25-26-31(35)36-29(27-30(33)34)28-32(2,3)4/h29H,5-28H2,1-4H3. The lowest BCUT2D eigenvalue weighted by molar-refractivity contribution is -0.873. The Morgan fingerprint density at radius 1 is 0.611 bits per heavy atom. The van der Waals surface area contributed by atoms with Crippen molar-refractivity contribution in [3.8, 4) is 0 Å². The molecule has 0 rings (SSSR count). The number of hydrogen-bond donors (Lipinski definition) is 0. The molecule has 0 heterocycles. The van der Waals surface area contributed by atoms with Gasteiger partial charge in [0.1, 0.15) is 6.54 Å². The molecule has 0 aliphatic rings. The van der Waals surface area contributed by atoms with Gasteiger partial charge in [-0.15, -0.1) is 0 Å². The van der Waals surface area contributed by atoms with Gasteiger partial charge in [0.2, 0.25) is 0 Å². The number of nitrogens with zero attached hydrogens (tertiary/aromatic N) is 1. The van der Waals surface area contributed by atoms with Gasteiger partial charge >= 0.3 is 5.97 Å². The van der Waals surface area contributed by atoms with E-state index >= 15 is 0 Å². The number of ether oxygens (including phenoxy) is 1. The first-order valence-corrected chi connectivity index (χ1v) is 15.4. The topological polar surface area (TPSA) is 66.4 Å². The quantitative estimate of drug-likeness (QED) is 0.0657. The third-order valence-corrected chi connectivity index (χ3v) is 6.93.